The maximum Gasteiger partial charge on any atom is 0.175 e. The van der Waals surface area contributed by atoms with Crippen molar-refractivity contribution >= 4 is 15.5 Å². The molecule has 0 spiro atoms. The fourth-order valence-corrected chi connectivity index (χ4v) is 2.63. The molecule has 7 heteroatoms. The molecule has 0 amide bonds. The second-order valence-electron chi connectivity index (χ2n) is 4.81. The number of nitrogens with zero attached hydrogens (tertiary/aromatic N) is 2. The van der Waals surface area contributed by atoms with Crippen LogP contribution in [0.15, 0.2) is 35.4 Å². The van der Waals surface area contributed by atoms with Gasteiger partial charge < -0.3 is 5.32 Å². The zero-order chi connectivity index (χ0) is 15.5. The minimum atomic E-state index is -3.36. The smallest absolute Gasteiger partial charge is 0.175 e. The van der Waals surface area contributed by atoms with Crippen LogP contribution in [0.2, 0.25) is 0 Å². The van der Waals surface area contributed by atoms with Gasteiger partial charge in [0, 0.05) is 19.0 Å². The van der Waals surface area contributed by atoms with Crippen LogP contribution in [-0.4, -0.2) is 24.5 Å². The molecule has 5 nitrogen and oxygen atoms in total. The molecule has 0 aliphatic heterocycles. The van der Waals surface area contributed by atoms with Crippen molar-refractivity contribution in [3.05, 3.63) is 42.0 Å². The number of aryl methyl sites for hydroxylation is 1. The Hall–Kier alpha value is -1.89. The van der Waals surface area contributed by atoms with Crippen LogP contribution in [0.25, 0.3) is 0 Å². The van der Waals surface area contributed by atoms with E-state index >= 15 is 0 Å². The minimum Gasteiger partial charge on any atom is -0.377 e. The Labute approximate surface area is 123 Å². The third-order valence-corrected chi connectivity index (χ3v) is 4.18. The van der Waals surface area contributed by atoms with Gasteiger partial charge in [-0.25, -0.2) is 12.8 Å². The molecule has 0 atom stereocenters. The molecular weight excluding hydrogens is 293 g/mol. The van der Waals surface area contributed by atoms with Crippen molar-refractivity contribution < 1.29 is 12.8 Å². The maximum absolute atomic E-state index is 13.8. The molecule has 0 bridgehead atoms. The fraction of sp³-hybridized carbons (Fsp3) is 0.357. The Morgan fingerprint density at radius 1 is 1.33 bits per heavy atom. The Balaban J connectivity index is 2.18. The molecular formula is C14H18FN3O2S. The van der Waals surface area contributed by atoms with Gasteiger partial charge in [-0.1, -0.05) is 6.92 Å². The van der Waals surface area contributed by atoms with Gasteiger partial charge in [-0.15, -0.1) is 0 Å². The summed E-state index contributed by atoms with van der Waals surface area (Å²) in [5.74, 6) is -0.482. The average molecular weight is 311 g/mol. The van der Waals surface area contributed by atoms with Crippen molar-refractivity contribution in [1.29, 1.82) is 0 Å². The normalized spacial score (nSPS) is 11.6. The van der Waals surface area contributed by atoms with Gasteiger partial charge in [0.15, 0.2) is 9.84 Å². The average Bonchev–Trinajstić information content (AvgIpc) is 2.84. The lowest BCUT2D eigenvalue weighted by atomic mass is 10.3. The molecule has 0 radical (unpaired) electrons. The summed E-state index contributed by atoms with van der Waals surface area (Å²) in [4.78, 5) is 0.0912. The lowest BCUT2D eigenvalue weighted by Gasteiger charge is -2.10. The highest BCUT2D eigenvalue weighted by Gasteiger charge is 2.11. The summed E-state index contributed by atoms with van der Waals surface area (Å²) in [5, 5.41) is 7.11. The van der Waals surface area contributed by atoms with Crippen molar-refractivity contribution in [2.24, 2.45) is 0 Å². The molecule has 0 aliphatic rings. The quantitative estimate of drug-likeness (QED) is 0.832. The highest BCUT2D eigenvalue weighted by atomic mass is 32.2. The van der Waals surface area contributed by atoms with Gasteiger partial charge in [0.1, 0.15) is 5.82 Å². The van der Waals surface area contributed by atoms with Gasteiger partial charge in [-0.2, -0.15) is 5.10 Å². The van der Waals surface area contributed by atoms with Gasteiger partial charge in [-0.05, 0) is 30.7 Å². The summed E-state index contributed by atoms with van der Waals surface area (Å²) in [5.41, 5.74) is 1.09. The molecule has 1 aromatic carbocycles. The lowest BCUT2D eigenvalue weighted by molar-refractivity contribution is 0.577. The van der Waals surface area contributed by atoms with Gasteiger partial charge in [0.05, 0.1) is 22.8 Å². The maximum atomic E-state index is 13.8. The first-order chi connectivity index (χ1) is 9.91. The number of aromatic nitrogens is 2. The third-order valence-electron chi connectivity index (χ3n) is 3.07. The number of halogens is 1. The first-order valence-corrected chi connectivity index (χ1v) is 8.55. The zero-order valence-electron chi connectivity index (χ0n) is 12.0. The summed E-state index contributed by atoms with van der Waals surface area (Å²) >= 11 is 0. The number of sulfone groups is 1. The molecule has 0 fully saturated rings. The summed E-state index contributed by atoms with van der Waals surface area (Å²) in [6.45, 7) is 3.22. The monoisotopic (exact) mass is 311 g/mol. The van der Waals surface area contributed by atoms with Gasteiger partial charge in [0.25, 0.3) is 0 Å². The first kappa shape index (κ1) is 15.5. The Bertz CT molecular complexity index is 726. The number of anilines is 1. The van der Waals surface area contributed by atoms with Crippen molar-refractivity contribution in [2.45, 2.75) is 31.3 Å². The summed E-state index contributed by atoms with van der Waals surface area (Å²) in [6.07, 6.45) is 3.74. The topological polar surface area (TPSA) is 64.0 Å². The van der Waals surface area contributed by atoms with E-state index in [1.807, 2.05) is 17.7 Å². The number of benzene rings is 1. The van der Waals surface area contributed by atoms with Gasteiger partial charge in [-0.3, -0.25) is 4.68 Å². The predicted octanol–water partition coefficient (Wildman–Crippen LogP) is 2.45. The summed E-state index contributed by atoms with van der Waals surface area (Å²) in [7, 11) is -3.36. The fourth-order valence-electron chi connectivity index (χ4n) is 1.98. The van der Waals surface area contributed by atoms with Crippen LogP contribution in [0.3, 0.4) is 0 Å². The van der Waals surface area contributed by atoms with Gasteiger partial charge in [0.2, 0.25) is 0 Å². The molecule has 0 saturated heterocycles. The van der Waals surface area contributed by atoms with Crippen LogP contribution < -0.4 is 5.32 Å². The molecule has 1 N–H and O–H groups in total. The minimum absolute atomic E-state index is 0.0912. The van der Waals surface area contributed by atoms with E-state index in [0.29, 0.717) is 6.54 Å². The predicted molar refractivity (Wildman–Crippen MR) is 79.4 cm³/mol. The Kier molecular flexibility index (Phi) is 4.62. The number of hydrogen-bond donors (Lipinski definition) is 1. The number of hydrogen-bond acceptors (Lipinski definition) is 4. The van der Waals surface area contributed by atoms with Crippen molar-refractivity contribution in [3.8, 4) is 0 Å². The first-order valence-electron chi connectivity index (χ1n) is 6.66. The summed E-state index contributed by atoms with van der Waals surface area (Å²) < 4.78 is 38.6. The standard InChI is InChI=1S/C14H18FN3O2S/c1-3-8-18-11(6-7-17-18)10-16-14-9-12(21(2,19)20)4-5-13(14)15/h4-7,9,16H,3,8,10H2,1-2H3. The molecule has 2 rings (SSSR count). The van der Waals surface area contributed by atoms with E-state index in [4.69, 9.17) is 0 Å². The Morgan fingerprint density at radius 3 is 2.76 bits per heavy atom. The van der Waals surface area contributed by atoms with E-state index in [9.17, 15) is 12.8 Å². The highest BCUT2D eigenvalue weighted by molar-refractivity contribution is 7.90. The van der Waals surface area contributed by atoms with Crippen molar-refractivity contribution in [3.63, 3.8) is 0 Å². The molecule has 1 heterocycles. The van der Waals surface area contributed by atoms with Crippen LogP contribution in [0.5, 0.6) is 0 Å². The van der Waals surface area contributed by atoms with Crippen LogP contribution in [-0.2, 0) is 22.9 Å². The molecule has 2 aromatic rings. The number of nitrogens with one attached hydrogen (secondary N) is 1. The van der Waals surface area contributed by atoms with Crippen molar-refractivity contribution in [2.75, 3.05) is 11.6 Å². The van der Waals surface area contributed by atoms with Gasteiger partial charge >= 0.3 is 0 Å². The van der Waals surface area contributed by atoms with E-state index in [0.717, 1.165) is 31.0 Å². The lowest BCUT2D eigenvalue weighted by Crippen LogP contribution is -2.10. The van der Waals surface area contributed by atoms with E-state index < -0.39 is 15.7 Å². The van der Waals surface area contributed by atoms with E-state index in [1.54, 1.807) is 6.20 Å². The van der Waals surface area contributed by atoms with E-state index in [2.05, 4.69) is 10.4 Å². The van der Waals surface area contributed by atoms with Crippen LogP contribution in [0.4, 0.5) is 10.1 Å². The zero-order valence-corrected chi connectivity index (χ0v) is 12.8. The molecule has 0 aliphatic carbocycles. The van der Waals surface area contributed by atoms with Crippen molar-refractivity contribution in [1.82, 2.24) is 9.78 Å². The third kappa shape index (κ3) is 3.81. The molecule has 0 unspecified atom stereocenters. The van der Waals surface area contributed by atoms with Crippen LogP contribution in [0.1, 0.15) is 19.0 Å². The molecule has 114 valence electrons. The molecule has 1 aromatic heterocycles. The summed E-state index contributed by atoms with van der Waals surface area (Å²) in [6, 6.07) is 5.57. The van der Waals surface area contributed by atoms with Crippen LogP contribution >= 0.6 is 0 Å². The second kappa shape index (κ2) is 6.26. The highest BCUT2D eigenvalue weighted by Crippen LogP contribution is 2.20. The van der Waals surface area contributed by atoms with Crippen LogP contribution in [0, 0.1) is 5.82 Å². The van der Waals surface area contributed by atoms with E-state index in [-0.39, 0.29) is 10.6 Å². The second-order valence-corrected chi connectivity index (χ2v) is 6.83. The molecule has 21 heavy (non-hydrogen) atoms. The molecule has 0 saturated carbocycles. The SMILES string of the molecule is CCCn1nccc1CNc1cc(S(C)(=O)=O)ccc1F. The number of rotatable bonds is 6. The largest absolute Gasteiger partial charge is 0.377 e. The van der Waals surface area contributed by atoms with E-state index in [1.165, 1.54) is 12.1 Å². The Morgan fingerprint density at radius 2 is 2.10 bits per heavy atom.